The van der Waals surface area contributed by atoms with E-state index in [-0.39, 0.29) is 5.41 Å². The molecule has 20 heavy (non-hydrogen) atoms. The zero-order valence-corrected chi connectivity index (χ0v) is 12.5. The maximum absolute atomic E-state index is 4.19. The third kappa shape index (κ3) is 3.81. The zero-order chi connectivity index (χ0) is 14.6. The average molecular weight is 273 g/mol. The van der Waals surface area contributed by atoms with Crippen molar-refractivity contribution in [3.63, 3.8) is 0 Å². The van der Waals surface area contributed by atoms with Gasteiger partial charge < -0.3 is 9.88 Å². The first-order valence-corrected chi connectivity index (χ1v) is 6.84. The van der Waals surface area contributed by atoms with Crippen LogP contribution in [0.3, 0.4) is 0 Å². The number of rotatable bonds is 6. The lowest BCUT2D eigenvalue weighted by atomic mass is 9.86. The van der Waals surface area contributed by atoms with Gasteiger partial charge in [0.1, 0.15) is 0 Å². The molecule has 0 aromatic carbocycles. The van der Waals surface area contributed by atoms with E-state index < -0.39 is 0 Å². The highest BCUT2D eigenvalue weighted by Gasteiger charge is 2.24. The Morgan fingerprint density at radius 2 is 2.25 bits per heavy atom. The van der Waals surface area contributed by atoms with Crippen LogP contribution in [0.1, 0.15) is 26.3 Å². The van der Waals surface area contributed by atoms with Crippen molar-refractivity contribution in [3.8, 4) is 0 Å². The summed E-state index contributed by atoms with van der Waals surface area (Å²) in [6.45, 7) is 12.1. The van der Waals surface area contributed by atoms with Crippen LogP contribution in [0.5, 0.6) is 0 Å². The Kier molecular flexibility index (Phi) is 4.39. The van der Waals surface area contributed by atoms with E-state index in [2.05, 4.69) is 47.3 Å². The van der Waals surface area contributed by atoms with E-state index in [0.29, 0.717) is 6.04 Å². The van der Waals surface area contributed by atoms with Gasteiger partial charge in [-0.3, -0.25) is 0 Å². The van der Waals surface area contributed by atoms with Crippen molar-refractivity contribution in [2.75, 3.05) is 0 Å². The molecular weight excluding hydrogens is 250 g/mol. The fourth-order valence-electron chi connectivity index (χ4n) is 2.06. The van der Waals surface area contributed by atoms with Crippen molar-refractivity contribution in [2.24, 2.45) is 5.41 Å². The lowest BCUT2D eigenvalue weighted by Crippen LogP contribution is -2.42. The first kappa shape index (κ1) is 14.5. The van der Waals surface area contributed by atoms with Crippen LogP contribution in [0.2, 0.25) is 0 Å². The molecule has 2 rings (SSSR count). The molecule has 0 radical (unpaired) electrons. The molecule has 0 fully saturated rings. The fraction of sp³-hybridized carbons (Fsp3) is 0.467. The molecular formula is C15H23N5. The van der Waals surface area contributed by atoms with Crippen molar-refractivity contribution < 1.29 is 0 Å². The van der Waals surface area contributed by atoms with E-state index in [9.17, 15) is 0 Å². The summed E-state index contributed by atoms with van der Waals surface area (Å²) in [7, 11) is 0. The molecule has 0 saturated carbocycles. The summed E-state index contributed by atoms with van der Waals surface area (Å²) in [5, 5.41) is 7.81. The molecule has 2 heterocycles. The van der Waals surface area contributed by atoms with Crippen LogP contribution in [-0.4, -0.2) is 25.4 Å². The molecule has 2 aromatic heterocycles. The molecule has 1 N–H and O–H groups in total. The van der Waals surface area contributed by atoms with Gasteiger partial charge in [0.15, 0.2) is 0 Å². The summed E-state index contributed by atoms with van der Waals surface area (Å²) in [5.41, 5.74) is 1.32. The summed E-state index contributed by atoms with van der Waals surface area (Å²) in [4.78, 5) is 4.10. The van der Waals surface area contributed by atoms with Gasteiger partial charge in [0.25, 0.3) is 0 Å². The molecule has 5 nitrogen and oxygen atoms in total. The summed E-state index contributed by atoms with van der Waals surface area (Å²) < 4.78 is 3.83. The van der Waals surface area contributed by atoms with Crippen molar-refractivity contribution >= 4 is 6.20 Å². The van der Waals surface area contributed by atoms with E-state index in [0.717, 1.165) is 18.7 Å². The minimum absolute atomic E-state index is 0.165. The molecule has 0 saturated heterocycles. The van der Waals surface area contributed by atoms with E-state index in [1.807, 2.05) is 31.1 Å². The Balaban J connectivity index is 1.99. The predicted molar refractivity (Wildman–Crippen MR) is 80.9 cm³/mol. The van der Waals surface area contributed by atoms with Gasteiger partial charge in [0.05, 0.1) is 12.5 Å². The molecule has 108 valence electrons. The van der Waals surface area contributed by atoms with Crippen LogP contribution in [-0.2, 0) is 13.1 Å². The molecule has 0 aliphatic rings. The Morgan fingerprint density at radius 1 is 1.45 bits per heavy atom. The topological polar surface area (TPSA) is 47.7 Å². The van der Waals surface area contributed by atoms with Crippen LogP contribution in [0.25, 0.3) is 6.20 Å². The molecule has 2 aromatic rings. The normalized spacial score (nSPS) is 13.3. The van der Waals surface area contributed by atoms with Gasteiger partial charge in [-0.05, 0) is 5.41 Å². The van der Waals surface area contributed by atoms with Crippen molar-refractivity contribution in [3.05, 3.63) is 43.3 Å². The first-order chi connectivity index (χ1) is 9.49. The van der Waals surface area contributed by atoms with Gasteiger partial charge >= 0.3 is 0 Å². The number of nitrogens with zero attached hydrogens (tertiary/aromatic N) is 4. The maximum Gasteiger partial charge on any atom is 0.0946 e. The fourth-order valence-corrected chi connectivity index (χ4v) is 2.06. The lowest BCUT2D eigenvalue weighted by Gasteiger charge is -2.32. The molecule has 1 atom stereocenters. The predicted octanol–water partition coefficient (Wildman–Crippen LogP) is 2.38. The molecule has 0 amide bonds. The van der Waals surface area contributed by atoms with Crippen LogP contribution < -0.4 is 5.32 Å². The maximum atomic E-state index is 4.19. The SMILES string of the molecule is C=Cn1cc(CNC(Cn2ccnc2)C(C)(C)C)cn1. The van der Waals surface area contributed by atoms with E-state index >= 15 is 0 Å². The van der Waals surface area contributed by atoms with Crippen LogP contribution in [0.4, 0.5) is 0 Å². The highest BCUT2D eigenvalue weighted by molar-refractivity contribution is 5.17. The molecule has 0 aliphatic heterocycles. The van der Waals surface area contributed by atoms with Gasteiger partial charge in [0, 0.05) is 49.5 Å². The van der Waals surface area contributed by atoms with Gasteiger partial charge in [-0.25, -0.2) is 9.67 Å². The van der Waals surface area contributed by atoms with E-state index in [4.69, 9.17) is 0 Å². The Hall–Kier alpha value is -1.88. The number of nitrogens with one attached hydrogen (secondary N) is 1. The van der Waals surface area contributed by atoms with Crippen LogP contribution in [0.15, 0.2) is 37.7 Å². The van der Waals surface area contributed by atoms with Gasteiger partial charge in [-0.15, -0.1) is 0 Å². The van der Waals surface area contributed by atoms with Crippen LogP contribution in [0, 0.1) is 5.41 Å². The number of aromatic nitrogens is 4. The highest BCUT2D eigenvalue weighted by Crippen LogP contribution is 2.21. The van der Waals surface area contributed by atoms with Crippen molar-refractivity contribution in [1.29, 1.82) is 0 Å². The summed E-state index contributed by atoms with van der Waals surface area (Å²) in [6.07, 6.45) is 11.2. The second-order valence-electron chi connectivity index (χ2n) is 6.07. The Labute approximate surface area is 120 Å². The minimum atomic E-state index is 0.165. The van der Waals surface area contributed by atoms with E-state index in [1.165, 1.54) is 0 Å². The number of imidazole rings is 1. The monoisotopic (exact) mass is 273 g/mol. The van der Waals surface area contributed by atoms with Crippen molar-refractivity contribution in [1.82, 2.24) is 24.6 Å². The number of hydrogen-bond donors (Lipinski definition) is 1. The second-order valence-corrected chi connectivity index (χ2v) is 6.07. The van der Waals surface area contributed by atoms with Gasteiger partial charge in [0.2, 0.25) is 0 Å². The smallest absolute Gasteiger partial charge is 0.0946 e. The van der Waals surface area contributed by atoms with Crippen LogP contribution >= 0.6 is 0 Å². The largest absolute Gasteiger partial charge is 0.336 e. The van der Waals surface area contributed by atoms with Gasteiger partial charge in [-0.1, -0.05) is 27.4 Å². The van der Waals surface area contributed by atoms with Gasteiger partial charge in [-0.2, -0.15) is 5.10 Å². The Bertz CT molecular complexity index is 533. The quantitative estimate of drug-likeness (QED) is 0.879. The van der Waals surface area contributed by atoms with E-state index in [1.54, 1.807) is 10.9 Å². The minimum Gasteiger partial charge on any atom is -0.336 e. The molecule has 0 bridgehead atoms. The first-order valence-electron chi connectivity index (χ1n) is 6.84. The lowest BCUT2D eigenvalue weighted by molar-refractivity contribution is 0.240. The Morgan fingerprint density at radius 3 is 2.80 bits per heavy atom. The second kappa shape index (κ2) is 6.05. The standard InChI is InChI=1S/C15H23N5/c1-5-20-10-13(9-18-20)8-17-14(15(2,3)4)11-19-7-6-16-12-19/h5-7,9-10,12,14,17H,1,8,11H2,2-4H3. The molecule has 0 aliphatic carbocycles. The molecule has 1 unspecified atom stereocenters. The number of hydrogen-bond acceptors (Lipinski definition) is 3. The molecule has 5 heteroatoms. The zero-order valence-electron chi connectivity index (χ0n) is 12.5. The highest BCUT2D eigenvalue weighted by atomic mass is 15.2. The summed E-state index contributed by atoms with van der Waals surface area (Å²) in [5.74, 6) is 0. The summed E-state index contributed by atoms with van der Waals surface area (Å²) in [6, 6.07) is 0.351. The van der Waals surface area contributed by atoms with Crippen molar-refractivity contribution in [2.45, 2.75) is 39.9 Å². The summed E-state index contributed by atoms with van der Waals surface area (Å²) >= 11 is 0. The average Bonchev–Trinajstić information content (AvgIpc) is 3.04. The molecule has 0 spiro atoms. The third-order valence-corrected chi connectivity index (χ3v) is 3.39. The third-order valence-electron chi connectivity index (χ3n) is 3.39.